The summed E-state index contributed by atoms with van der Waals surface area (Å²) in [5.41, 5.74) is 1.98. The largest absolute Gasteiger partial charge is 0.394 e. The van der Waals surface area contributed by atoms with Crippen molar-refractivity contribution < 1.29 is 9.90 Å². The van der Waals surface area contributed by atoms with E-state index in [4.69, 9.17) is 0 Å². The third kappa shape index (κ3) is 2.99. The normalized spacial score (nSPS) is 24.4. The van der Waals surface area contributed by atoms with Crippen molar-refractivity contribution in [3.63, 3.8) is 0 Å². The number of hydrogen-bond acceptors (Lipinski definition) is 3. The van der Waals surface area contributed by atoms with Gasteiger partial charge in [-0.2, -0.15) is 0 Å². The first kappa shape index (κ1) is 14.5. The molecule has 1 aliphatic rings. The molecular weight excluding hydrogens is 308 g/mol. The first-order chi connectivity index (χ1) is 9.04. The summed E-state index contributed by atoms with van der Waals surface area (Å²) in [6.45, 7) is 4.61. The maximum atomic E-state index is 12.5. The second kappa shape index (κ2) is 6.03. The number of amides is 1. The van der Waals surface area contributed by atoms with Crippen LogP contribution in [-0.2, 0) is 4.79 Å². The summed E-state index contributed by atoms with van der Waals surface area (Å²) in [6, 6.07) is 5.51. The van der Waals surface area contributed by atoms with Crippen LogP contribution in [0.3, 0.4) is 0 Å². The maximum Gasteiger partial charge on any atom is 0.246 e. The fourth-order valence-electron chi connectivity index (χ4n) is 2.37. The van der Waals surface area contributed by atoms with Gasteiger partial charge in [0.15, 0.2) is 0 Å². The molecule has 5 heteroatoms. The average Bonchev–Trinajstić information content (AvgIpc) is 2.52. The highest BCUT2D eigenvalue weighted by Crippen LogP contribution is 2.26. The zero-order valence-corrected chi connectivity index (χ0v) is 12.8. The number of benzene rings is 1. The topological polar surface area (TPSA) is 52.6 Å². The minimum atomic E-state index is -0.506. The Morgan fingerprint density at radius 2 is 2.26 bits per heavy atom. The van der Waals surface area contributed by atoms with Gasteiger partial charge < -0.3 is 15.3 Å². The van der Waals surface area contributed by atoms with Crippen LogP contribution < -0.4 is 10.2 Å². The van der Waals surface area contributed by atoms with Gasteiger partial charge >= 0.3 is 0 Å². The summed E-state index contributed by atoms with van der Waals surface area (Å²) in [4.78, 5) is 14.3. The molecule has 2 N–H and O–H groups in total. The van der Waals surface area contributed by atoms with Gasteiger partial charge in [-0.1, -0.05) is 15.9 Å². The van der Waals surface area contributed by atoms with Gasteiger partial charge in [-0.25, -0.2) is 0 Å². The fraction of sp³-hybridized carbons (Fsp3) is 0.500. The van der Waals surface area contributed by atoms with Crippen LogP contribution in [0.25, 0.3) is 0 Å². The van der Waals surface area contributed by atoms with Crippen LogP contribution in [0.5, 0.6) is 0 Å². The lowest BCUT2D eigenvalue weighted by atomic mass is 10.1. The second-order valence-electron chi connectivity index (χ2n) is 4.97. The van der Waals surface area contributed by atoms with Gasteiger partial charge in [0.1, 0.15) is 6.04 Å². The molecule has 0 aliphatic carbocycles. The molecule has 2 rings (SSSR count). The monoisotopic (exact) mass is 326 g/mol. The Hall–Kier alpha value is -0.910. The molecule has 0 bridgehead atoms. The second-order valence-corrected chi connectivity index (χ2v) is 5.82. The van der Waals surface area contributed by atoms with Crippen molar-refractivity contribution in [3.05, 3.63) is 28.2 Å². The molecule has 1 aliphatic heterocycles. The summed E-state index contributed by atoms with van der Waals surface area (Å²) < 4.78 is 1.03. The number of nitrogens with zero attached hydrogens (tertiary/aromatic N) is 1. The van der Waals surface area contributed by atoms with E-state index in [0.29, 0.717) is 0 Å². The molecule has 2 atom stereocenters. The minimum absolute atomic E-state index is 0.0609. The molecule has 2 unspecified atom stereocenters. The summed E-state index contributed by atoms with van der Waals surface area (Å²) >= 11 is 3.47. The van der Waals surface area contributed by atoms with Crippen LogP contribution in [0.4, 0.5) is 5.69 Å². The van der Waals surface area contributed by atoms with Crippen molar-refractivity contribution in [2.24, 2.45) is 0 Å². The molecule has 1 fully saturated rings. The zero-order valence-electron chi connectivity index (χ0n) is 11.2. The molecule has 1 aromatic rings. The smallest absolute Gasteiger partial charge is 0.246 e. The van der Waals surface area contributed by atoms with E-state index < -0.39 is 6.04 Å². The summed E-state index contributed by atoms with van der Waals surface area (Å²) in [7, 11) is 0. The lowest BCUT2D eigenvalue weighted by molar-refractivity contribution is -0.121. The number of nitrogens with one attached hydrogen (secondary N) is 1. The van der Waals surface area contributed by atoms with Crippen molar-refractivity contribution >= 4 is 27.5 Å². The number of hydrogen-bond donors (Lipinski definition) is 2. The summed E-state index contributed by atoms with van der Waals surface area (Å²) in [5.74, 6) is -0.0609. The predicted molar refractivity (Wildman–Crippen MR) is 79.3 cm³/mol. The number of carbonyl (C=O) groups excluding carboxylic acids is 1. The van der Waals surface area contributed by atoms with E-state index in [-0.39, 0.29) is 18.6 Å². The number of aliphatic hydroxyl groups is 1. The van der Waals surface area contributed by atoms with E-state index in [9.17, 15) is 9.90 Å². The van der Waals surface area contributed by atoms with Gasteiger partial charge in [0.2, 0.25) is 5.91 Å². The Bertz CT molecular complexity index is 479. The number of rotatable bonds is 2. The zero-order chi connectivity index (χ0) is 14.0. The Morgan fingerprint density at radius 1 is 1.53 bits per heavy atom. The van der Waals surface area contributed by atoms with Crippen LogP contribution in [0.2, 0.25) is 0 Å². The van der Waals surface area contributed by atoms with Crippen LogP contribution in [0.1, 0.15) is 18.9 Å². The van der Waals surface area contributed by atoms with Crippen molar-refractivity contribution in [1.82, 2.24) is 5.32 Å². The maximum absolute atomic E-state index is 12.5. The van der Waals surface area contributed by atoms with E-state index in [1.54, 1.807) is 4.90 Å². The lowest BCUT2D eigenvalue weighted by Gasteiger charge is -2.29. The summed E-state index contributed by atoms with van der Waals surface area (Å²) in [5, 5.41) is 12.4. The van der Waals surface area contributed by atoms with E-state index in [2.05, 4.69) is 21.2 Å². The van der Waals surface area contributed by atoms with Gasteiger partial charge in [0, 0.05) is 16.2 Å². The van der Waals surface area contributed by atoms with Crippen molar-refractivity contribution in [3.8, 4) is 0 Å². The third-order valence-corrected chi connectivity index (χ3v) is 4.42. The highest BCUT2D eigenvalue weighted by molar-refractivity contribution is 9.10. The molecule has 1 amide bonds. The standard InChI is InChI=1S/C14H19BrN2O2/c1-9-7-11(3-4-12(9)15)17-10(2)5-6-16-13(8-18)14(17)19/h3-4,7,10,13,16,18H,5-6,8H2,1-2H3. The predicted octanol–water partition coefficient (Wildman–Crippen LogP) is 1.83. The van der Waals surface area contributed by atoms with E-state index >= 15 is 0 Å². The fourth-order valence-corrected chi connectivity index (χ4v) is 2.62. The Morgan fingerprint density at radius 3 is 2.89 bits per heavy atom. The van der Waals surface area contributed by atoms with Gasteiger partial charge in [0.05, 0.1) is 6.61 Å². The molecule has 104 valence electrons. The molecule has 1 saturated heterocycles. The molecule has 0 aromatic heterocycles. The first-order valence-electron chi connectivity index (χ1n) is 6.48. The number of halogens is 1. The van der Waals surface area contributed by atoms with Gasteiger partial charge in [-0.3, -0.25) is 4.79 Å². The number of anilines is 1. The van der Waals surface area contributed by atoms with Gasteiger partial charge in [-0.15, -0.1) is 0 Å². The first-order valence-corrected chi connectivity index (χ1v) is 7.27. The van der Waals surface area contributed by atoms with Crippen LogP contribution in [0.15, 0.2) is 22.7 Å². The van der Waals surface area contributed by atoms with E-state index in [1.807, 2.05) is 32.0 Å². The van der Waals surface area contributed by atoms with Crippen LogP contribution >= 0.6 is 15.9 Å². The van der Waals surface area contributed by atoms with E-state index in [0.717, 1.165) is 28.7 Å². The Labute approximate surface area is 121 Å². The molecule has 19 heavy (non-hydrogen) atoms. The number of aliphatic hydroxyl groups excluding tert-OH is 1. The highest BCUT2D eigenvalue weighted by Gasteiger charge is 2.31. The molecular formula is C14H19BrN2O2. The molecule has 0 saturated carbocycles. The number of carbonyl (C=O) groups is 1. The van der Waals surface area contributed by atoms with Crippen molar-refractivity contribution in [2.45, 2.75) is 32.4 Å². The Kier molecular flexibility index (Phi) is 4.60. The molecule has 1 heterocycles. The van der Waals surface area contributed by atoms with E-state index in [1.165, 1.54) is 0 Å². The molecule has 0 radical (unpaired) electrons. The molecule has 4 nitrogen and oxygen atoms in total. The minimum Gasteiger partial charge on any atom is -0.394 e. The van der Waals surface area contributed by atoms with Crippen molar-refractivity contribution in [2.75, 3.05) is 18.1 Å². The average molecular weight is 327 g/mol. The van der Waals surface area contributed by atoms with Crippen LogP contribution in [-0.4, -0.2) is 36.2 Å². The highest BCUT2D eigenvalue weighted by atomic mass is 79.9. The Balaban J connectivity index is 2.37. The summed E-state index contributed by atoms with van der Waals surface area (Å²) in [6.07, 6.45) is 0.872. The number of aryl methyl sites for hydroxylation is 1. The quantitative estimate of drug-likeness (QED) is 0.871. The van der Waals surface area contributed by atoms with Gasteiger partial charge in [-0.05, 0) is 50.6 Å². The molecule has 1 aromatic carbocycles. The van der Waals surface area contributed by atoms with Gasteiger partial charge in [0.25, 0.3) is 0 Å². The van der Waals surface area contributed by atoms with Crippen LogP contribution in [0, 0.1) is 6.92 Å². The van der Waals surface area contributed by atoms with Crippen molar-refractivity contribution in [1.29, 1.82) is 0 Å². The SMILES string of the molecule is Cc1cc(N2C(=O)C(CO)NCCC2C)ccc1Br. The third-order valence-electron chi connectivity index (χ3n) is 3.53. The lowest BCUT2D eigenvalue weighted by Crippen LogP contribution is -2.48. The molecule has 0 spiro atoms.